The normalized spacial score (nSPS) is 13.9. The van der Waals surface area contributed by atoms with Crippen molar-refractivity contribution < 1.29 is 23.5 Å². The lowest BCUT2D eigenvalue weighted by Crippen LogP contribution is -2.38. The molecule has 3 aromatic carbocycles. The maximum Gasteiger partial charge on any atom is 0.260 e. The zero-order valence-corrected chi connectivity index (χ0v) is 21.6. The van der Waals surface area contributed by atoms with Crippen molar-refractivity contribution in [2.75, 3.05) is 43.7 Å². The molecule has 194 valence electrons. The second-order valence-electron chi connectivity index (χ2n) is 9.14. The van der Waals surface area contributed by atoms with Gasteiger partial charge < -0.3 is 19.3 Å². The number of ether oxygens (including phenoxy) is 2. The number of para-hydroxylation sites is 2. The third kappa shape index (κ3) is 5.83. The number of methoxy groups -OCH3 is 2. The number of rotatable bonds is 9. The van der Waals surface area contributed by atoms with Gasteiger partial charge in [-0.1, -0.05) is 18.2 Å². The van der Waals surface area contributed by atoms with Crippen molar-refractivity contribution >= 4 is 23.1 Å². The lowest BCUT2D eigenvalue weighted by Gasteiger charge is -2.35. The van der Waals surface area contributed by atoms with Crippen molar-refractivity contribution in [2.45, 2.75) is 26.4 Å². The van der Waals surface area contributed by atoms with Gasteiger partial charge in [-0.15, -0.1) is 0 Å². The molecule has 7 heteroatoms. The molecule has 1 heterocycles. The molecule has 1 aliphatic rings. The molecule has 6 nitrogen and oxygen atoms in total. The van der Waals surface area contributed by atoms with Crippen molar-refractivity contribution in [1.82, 2.24) is 0 Å². The average molecular weight is 505 g/mol. The van der Waals surface area contributed by atoms with E-state index in [4.69, 9.17) is 9.47 Å². The summed E-state index contributed by atoms with van der Waals surface area (Å²) in [5.41, 5.74) is 3.65. The summed E-state index contributed by atoms with van der Waals surface area (Å²) in [5.74, 6) is 0.0701. The first-order valence-electron chi connectivity index (χ1n) is 12.6. The van der Waals surface area contributed by atoms with Gasteiger partial charge in [-0.3, -0.25) is 9.59 Å². The number of hydrogen-bond acceptors (Lipinski definition) is 5. The van der Waals surface area contributed by atoms with Crippen LogP contribution in [0.3, 0.4) is 0 Å². The van der Waals surface area contributed by atoms with Gasteiger partial charge in [0.05, 0.1) is 25.0 Å². The van der Waals surface area contributed by atoms with Crippen LogP contribution in [0.4, 0.5) is 15.8 Å². The lowest BCUT2D eigenvalue weighted by atomic mass is 9.88. The van der Waals surface area contributed by atoms with E-state index in [0.29, 0.717) is 61.6 Å². The minimum atomic E-state index is -0.353. The van der Waals surface area contributed by atoms with Crippen LogP contribution in [0.1, 0.15) is 46.0 Å². The highest BCUT2D eigenvalue weighted by atomic mass is 19.1. The van der Waals surface area contributed by atoms with E-state index in [2.05, 4.69) is 4.90 Å². The highest BCUT2D eigenvalue weighted by Crippen LogP contribution is 2.33. The summed E-state index contributed by atoms with van der Waals surface area (Å²) in [6.07, 6.45) is 1.31. The highest BCUT2D eigenvalue weighted by molar-refractivity contribution is 6.10. The van der Waals surface area contributed by atoms with Crippen LogP contribution in [0.2, 0.25) is 0 Å². The molecular formula is C30H33FN2O4. The SMILES string of the molecule is CCN(C(=O)c1ccc(COC)cc1N1CCC(C(=O)c2ccc(F)cc2)CC1)c1ccccc1OC. The van der Waals surface area contributed by atoms with Gasteiger partial charge in [-0.2, -0.15) is 0 Å². The summed E-state index contributed by atoms with van der Waals surface area (Å²) in [5, 5.41) is 0. The van der Waals surface area contributed by atoms with Crippen LogP contribution in [0.5, 0.6) is 5.75 Å². The monoisotopic (exact) mass is 504 g/mol. The number of piperidine rings is 1. The molecule has 0 N–H and O–H groups in total. The van der Waals surface area contributed by atoms with Gasteiger partial charge in [0.15, 0.2) is 5.78 Å². The van der Waals surface area contributed by atoms with Crippen molar-refractivity contribution in [2.24, 2.45) is 5.92 Å². The smallest absolute Gasteiger partial charge is 0.260 e. The number of amides is 1. The van der Waals surface area contributed by atoms with Crippen LogP contribution in [0, 0.1) is 11.7 Å². The van der Waals surface area contributed by atoms with E-state index < -0.39 is 0 Å². The predicted octanol–water partition coefficient (Wildman–Crippen LogP) is 5.75. The van der Waals surface area contributed by atoms with E-state index in [0.717, 1.165) is 11.3 Å². The molecule has 4 rings (SSSR count). The maximum atomic E-state index is 13.9. The molecule has 0 atom stereocenters. The highest BCUT2D eigenvalue weighted by Gasteiger charge is 2.29. The van der Waals surface area contributed by atoms with E-state index in [1.807, 2.05) is 49.4 Å². The molecule has 1 saturated heterocycles. The largest absolute Gasteiger partial charge is 0.495 e. The topological polar surface area (TPSA) is 59.1 Å². The summed E-state index contributed by atoms with van der Waals surface area (Å²) < 4.78 is 24.1. The summed E-state index contributed by atoms with van der Waals surface area (Å²) in [4.78, 5) is 30.8. The zero-order chi connectivity index (χ0) is 26.4. The molecule has 0 aliphatic carbocycles. The van der Waals surface area contributed by atoms with Crippen LogP contribution in [0.15, 0.2) is 66.7 Å². The van der Waals surface area contributed by atoms with Crippen molar-refractivity contribution in [3.63, 3.8) is 0 Å². The Morgan fingerprint density at radius 2 is 1.70 bits per heavy atom. The predicted molar refractivity (Wildman–Crippen MR) is 143 cm³/mol. The number of anilines is 2. The number of benzene rings is 3. The first-order valence-corrected chi connectivity index (χ1v) is 12.6. The van der Waals surface area contributed by atoms with Gasteiger partial charge >= 0.3 is 0 Å². The van der Waals surface area contributed by atoms with Gasteiger partial charge in [0.25, 0.3) is 5.91 Å². The Bertz CT molecular complexity index is 1240. The van der Waals surface area contributed by atoms with Crippen LogP contribution >= 0.6 is 0 Å². The van der Waals surface area contributed by atoms with Crippen LogP contribution in [-0.2, 0) is 11.3 Å². The minimum absolute atomic E-state index is 0.0393. The second kappa shape index (κ2) is 12.0. The quantitative estimate of drug-likeness (QED) is 0.348. The molecule has 1 amide bonds. The number of Topliss-reactive ketones (excluding diaryl/α,β-unsaturated/α-hetero) is 1. The molecule has 3 aromatic rings. The van der Waals surface area contributed by atoms with Gasteiger partial charge in [0, 0.05) is 43.9 Å². The molecule has 0 saturated carbocycles. The molecular weight excluding hydrogens is 471 g/mol. The summed E-state index contributed by atoms with van der Waals surface area (Å²) in [7, 11) is 3.24. The van der Waals surface area contributed by atoms with Crippen molar-refractivity contribution in [3.05, 3.63) is 89.2 Å². The van der Waals surface area contributed by atoms with E-state index >= 15 is 0 Å². The van der Waals surface area contributed by atoms with Gasteiger partial charge in [-0.25, -0.2) is 4.39 Å². The first kappa shape index (κ1) is 26.4. The van der Waals surface area contributed by atoms with Crippen LogP contribution in [0.25, 0.3) is 0 Å². The Morgan fingerprint density at radius 3 is 2.35 bits per heavy atom. The number of halogens is 1. The average Bonchev–Trinajstić information content (AvgIpc) is 2.94. The Labute approximate surface area is 217 Å². The number of nitrogens with zero attached hydrogens (tertiary/aromatic N) is 2. The number of hydrogen-bond donors (Lipinski definition) is 0. The standard InChI is InChI=1S/C30H33FN2O4/c1-4-33(26-7-5-6-8-28(26)37-3)30(35)25-14-9-21(20-36-2)19-27(25)32-17-15-23(16-18-32)29(34)22-10-12-24(31)13-11-22/h5-14,19,23H,4,15-18,20H2,1-3H3. The van der Waals surface area contributed by atoms with Crippen LogP contribution < -0.4 is 14.5 Å². The zero-order valence-electron chi connectivity index (χ0n) is 21.6. The maximum absolute atomic E-state index is 13.9. The number of carbonyl (C=O) groups is 2. The van der Waals surface area contributed by atoms with Crippen molar-refractivity contribution in [3.8, 4) is 5.75 Å². The van der Waals surface area contributed by atoms with Crippen molar-refractivity contribution in [1.29, 1.82) is 0 Å². The van der Waals surface area contributed by atoms with E-state index in [1.165, 1.54) is 12.1 Å². The molecule has 0 aromatic heterocycles. The third-order valence-electron chi connectivity index (χ3n) is 6.88. The van der Waals surface area contributed by atoms with Gasteiger partial charge in [0.1, 0.15) is 11.6 Å². The summed E-state index contributed by atoms with van der Waals surface area (Å²) in [6.45, 7) is 4.12. The summed E-state index contributed by atoms with van der Waals surface area (Å²) in [6, 6.07) is 19.0. The number of ketones is 1. The second-order valence-corrected chi connectivity index (χ2v) is 9.14. The van der Waals surface area contributed by atoms with E-state index in [1.54, 1.807) is 31.3 Å². The molecule has 37 heavy (non-hydrogen) atoms. The molecule has 0 radical (unpaired) electrons. The van der Waals surface area contributed by atoms with Crippen LogP contribution in [-0.4, -0.2) is 45.5 Å². The van der Waals surface area contributed by atoms with Gasteiger partial charge in [0.2, 0.25) is 0 Å². The molecule has 1 aliphatic heterocycles. The fourth-order valence-electron chi connectivity index (χ4n) is 4.93. The number of carbonyl (C=O) groups excluding carboxylic acids is 2. The van der Waals surface area contributed by atoms with Gasteiger partial charge in [-0.05, 0) is 73.9 Å². The Morgan fingerprint density at radius 1 is 1.00 bits per heavy atom. The molecule has 0 spiro atoms. The Balaban J connectivity index is 1.59. The minimum Gasteiger partial charge on any atom is -0.495 e. The van der Waals surface area contributed by atoms with E-state index in [9.17, 15) is 14.0 Å². The first-order chi connectivity index (χ1) is 18.0. The Hall–Kier alpha value is -3.71. The molecule has 0 unspecified atom stereocenters. The molecule has 0 bridgehead atoms. The fourth-order valence-corrected chi connectivity index (χ4v) is 4.93. The van der Waals surface area contributed by atoms with E-state index in [-0.39, 0.29) is 23.4 Å². The fraction of sp³-hybridized carbons (Fsp3) is 0.333. The Kier molecular flexibility index (Phi) is 8.56. The molecule has 1 fully saturated rings. The third-order valence-corrected chi connectivity index (χ3v) is 6.88. The lowest BCUT2D eigenvalue weighted by molar-refractivity contribution is 0.0899. The summed E-state index contributed by atoms with van der Waals surface area (Å²) >= 11 is 0.